The van der Waals surface area contributed by atoms with Crippen molar-refractivity contribution >= 4 is 12.3 Å². The number of aldehydes is 1. The van der Waals surface area contributed by atoms with Gasteiger partial charge in [-0.25, -0.2) is 0 Å². The average Bonchev–Trinajstić information content (AvgIpc) is 2.18. The van der Waals surface area contributed by atoms with Gasteiger partial charge in [0, 0.05) is 12.0 Å². The highest BCUT2D eigenvalue weighted by atomic mass is 16.5. The minimum Gasteiger partial charge on any atom is -0.427 e. The fraction of sp³-hybridized carbons (Fsp3) is 0.200. The van der Waals surface area contributed by atoms with Crippen LogP contribution in [0.5, 0.6) is 5.75 Å². The second kappa shape index (κ2) is 4.40. The van der Waals surface area contributed by atoms with Crippen molar-refractivity contribution < 1.29 is 14.3 Å². The molecular weight excluding hydrogens is 168 g/mol. The minimum absolute atomic E-state index is 0.303. The first kappa shape index (κ1) is 9.45. The van der Waals surface area contributed by atoms with E-state index >= 15 is 0 Å². The third-order valence-electron chi connectivity index (χ3n) is 1.51. The molecule has 0 radical (unpaired) electrons. The van der Waals surface area contributed by atoms with Crippen molar-refractivity contribution in [2.75, 3.05) is 0 Å². The lowest BCUT2D eigenvalue weighted by Crippen LogP contribution is -2.05. The molecule has 0 saturated carbocycles. The maximum atomic E-state index is 10.9. The second-order valence-electron chi connectivity index (χ2n) is 2.52. The van der Waals surface area contributed by atoms with Crippen molar-refractivity contribution in [3.8, 4) is 5.75 Å². The Kier molecular flexibility index (Phi) is 3.20. The Hall–Kier alpha value is -1.64. The molecule has 3 heteroatoms. The number of carbonyl (C=O) groups is 2. The van der Waals surface area contributed by atoms with Gasteiger partial charge in [0.05, 0.1) is 0 Å². The molecule has 0 saturated heterocycles. The molecule has 0 heterocycles. The summed E-state index contributed by atoms with van der Waals surface area (Å²) in [4.78, 5) is 21.2. The van der Waals surface area contributed by atoms with Crippen molar-refractivity contribution in [2.24, 2.45) is 0 Å². The van der Waals surface area contributed by atoms with E-state index in [1.165, 1.54) is 6.07 Å². The molecule has 1 aromatic carbocycles. The molecule has 0 atom stereocenters. The number of carbonyl (C=O) groups excluding carboxylic acids is 2. The second-order valence-corrected chi connectivity index (χ2v) is 2.52. The van der Waals surface area contributed by atoms with Gasteiger partial charge in [0.2, 0.25) is 0 Å². The van der Waals surface area contributed by atoms with Crippen LogP contribution in [0, 0.1) is 0 Å². The first-order chi connectivity index (χ1) is 6.26. The molecule has 0 aliphatic rings. The zero-order valence-electron chi connectivity index (χ0n) is 7.32. The number of benzene rings is 1. The van der Waals surface area contributed by atoms with Gasteiger partial charge < -0.3 is 4.74 Å². The van der Waals surface area contributed by atoms with E-state index in [2.05, 4.69) is 0 Å². The highest BCUT2D eigenvalue weighted by Crippen LogP contribution is 2.12. The van der Waals surface area contributed by atoms with Crippen LogP contribution in [0.4, 0.5) is 0 Å². The molecule has 0 N–H and O–H groups in total. The monoisotopic (exact) mass is 178 g/mol. The molecule has 0 aromatic heterocycles. The lowest BCUT2D eigenvalue weighted by Gasteiger charge is -2.01. The summed E-state index contributed by atoms with van der Waals surface area (Å²) in [5.74, 6) is 0.111. The van der Waals surface area contributed by atoms with Crippen molar-refractivity contribution in [3.63, 3.8) is 0 Å². The zero-order valence-corrected chi connectivity index (χ0v) is 7.32. The Morgan fingerprint density at radius 1 is 1.54 bits per heavy atom. The predicted octanol–water partition coefficient (Wildman–Crippen LogP) is 1.81. The van der Waals surface area contributed by atoms with Crippen LogP contribution in [0.25, 0.3) is 0 Å². The molecule has 0 amide bonds. The van der Waals surface area contributed by atoms with E-state index in [9.17, 15) is 9.59 Å². The number of esters is 1. The molecule has 0 bridgehead atoms. The molecule has 1 rings (SSSR count). The van der Waals surface area contributed by atoms with Gasteiger partial charge in [0.1, 0.15) is 12.0 Å². The van der Waals surface area contributed by atoms with E-state index in [1.807, 2.05) is 0 Å². The summed E-state index contributed by atoms with van der Waals surface area (Å²) >= 11 is 0. The van der Waals surface area contributed by atoms with E-state index in [0.29, 0.717) is 24.0 Å². The molecule has 0 spiro atoms. The summed E-state index contributed by atoms with van der Waals surface area (Å²) in [6.07, 6.45) is 1.04. The maximum Gasteiger partial charge on any atom is 0.310 e. The van der Waals surface area contributed by atoms with Crippen LogP contribution in [0.3, 0.4) is 0 Å². The minimum atomic E-state index is -0.303. The zero-order chi connectivity index (χ0) is 9.68. The Morgan fingerprint density at radius 2 is 2.31 bits per heavy atom. The summed E-state index contributed by atoms with van der Waals surface area (Å²) in [5, 5.41) is 0. The lowest BCUT2D eigenvalue weighted by molar-refractivity contribution is -0.134. The molecule has 13 heavy (non-hydrogen) atoms. The number of rotatable bonds is 3. The summed E-state index contributed by atoms with van der Waals surface area (Å²) < 4.78 is 4.91. The number of hydrogen-bond acceptors (Lipinski definition) is 3. The first-order valence-corrected chi connectivity index (χ1v) is 4.02. The fourth-order valence-corrected chi connectivity index (χ4v) is 0.855. The Morgan fingerprint density at radius 3 is 2.92 bits per heavy atom. The first-order valence-electron chi connectivity index (χ1n) is 4.02. The standard InChI is InChI=1S/C10H10O3/c1-2-10(12)13-9-5-3-4-8(6-9)7-11/h3-7H,2H2,1H3. The van der Waals surface area contributed by atoms with Crippen LogP contribution in [0.1, 0.15) is 23.7 Å². The predicted molar refractivity (Wildman–Crippen MR) is 47.8 cm³/mol. The third kappa shape index (κ3) is 2.71. The Balaban J connectivity index is 2.77. The fourth-order valence-electron chi connectivity index (χ4n) is 0.855. The van der Waals surface area contributed by atoms with Gasteiger partial charge >= 0.3 is 5.97 Å². The Labute approximate surface area is 76.3 Å². The molecule has 0 aliphatic heterocycles. The lowest BCUT2D eigenvalue weighted by atomic mass is 10.2. The van der Waals surface area contributed by atoms with E-state index in [-0.39, 0.29) is 5.97 Å². The van der Waals surface area contributed by atoms with Gasteiger partial charge in [-0.1, -0.05) is 19.1 Å². The largest absolute Gasteiger partial charge is 0.427 e. The molecule has 0 fully saturated rings. The van der Waals surface area contributed by atoms with Crippen molar-refractivity contribution in [2.45, 2.75) is 13.3 Å². The highest BCUT2D eigenvalue weighted by molar-refractivity contribution is 5.77. The van der Waals surface area contributed by atoms with E-state index in [4.69, 9.17) is 4.74 Å². The van der Waals surface area contributed by atoms with Crippen molar-refractivity contribution in [1.29, 1.82) is 0 Å². The molecular formula is C10H10O3. The molecule has 3 nitrogen and oxygen atoms in total. The quantitative estimate of drug-likeness (QED) is 0.403. The highest BCUT2D eigenvalue weighted by Gasteiger charge is 2.01. The summed E-state index contributed by atoms with van der Waals surface area (Å²) in [7, 11) is 0. The van der Waals surface area contributed by atoms with Gasteiger partial charge in [-0.05, 0) is 12.1 Å². The number of hydrogen-bond donors (Lipinski definition) is 0. The topological polar surface area (TPSA) is 43.4 Å². The van der Waals surface area contributed by atoms with E-state index in [0.717, 1.165) is 0 Å². The van der Waals surface area contributed by atoms with E-state index < -0.39 is 0 Å². The van der Waals surface area contributed by atoms with Crippen LogP contribution >= 0.6 is 0 Å². The molecule has 68 valence electrons. The third-order valence-corrected chi connectivity index (χ3v) is 1.51. The summed E-state index contributed by atoms with van der Waals surface area (Å²) in [5.41, 5.74) is 0.501. The van der Waals surface area contributed by atoms with Crippen LogP contribution in [0.2, 0.25) is 0 Å². The number of ether oxygens (including phenoxy) is 1. The normalized spacial score (nSPS) is 9.31. The van der Waals surface area contributed by atoms with Gasteiger partial charge in [-0.15, -0.1) is 0 Å². The van der Waals surface area contributed by atoms with Crippen LogP contribution in [-0.2, 0) is 4.79 Å². The summed E-state index contributed by atoms with van der Waals surface area (Å²) in [6, 6.07) is 6.49. The van der Waals surface area contributed by atoms with Gasteiger partial charge in [-0.2, -0.15) is 0 Å². The Bertz CT molecular complexity index is 318. The van der Waals surface area contributed by atoms with Crippen LogP contribution < -0.4 is 4.74 Å². The van der Waals surface area contributed by atoms with Crippen LogP contribution in [0.15, 0.2) is 24.3 Å². The average molecular weight is 178 g/mol. The maximum absolute atomic E-state index is 10.9. The summed E-state index contributed by atoms with van der Waals surface area (Å²) in [6.45, 7) is 1.71. The molecule has 0 aliphatic carbocycles. The van der Waals surface area contributed by atoms with Gasteiger partial charge in [0.15, 0.2) is 0 Å². The van der Waals surface area contributed by atoms with E-state index in [1.54, 1.807) is 25.1 Å². The molecule has 0 unspecified atom stereocenters. The van der Waals surface area contributed by atoms with Gasteiger partial charge in [-0.3, -0.25) is 9.59 Å². The van der Waals surface area contributed by atoms with Crippen molar-refractivity contribution in [3.05, 3.63) is 29.8 Å². The van der Waals surface area contributed by atoms with Crippen molar-refractivity contribution in [1.82, 2.24) is 0 Å². The van der Waals surface area contributed by atoms with Gasteiger partial charge in [0.25, 0.3) is 0 Å². The molecule has 1 aromatic rings. The SMILES string of the molecule is CCC(=O)Oc1cccc(C=O)c1. The van der Waals surface area contributed by atoms with Crippen LogP contribution in [-0.4, -0.2) is 12.3 Å². The smallest absolute Gasteiger partial charge is 0.310 e.